The molecule has 1 aromatic carbocycles. The van der Waals surface area contributed by atoms with Crippen molar-refractivity contribution in [1.82, 2.24) is 14.5 Å². The highest BCUT2D eigenvalue weighted by Gasteiger charge is 2.26. The van der Waals surface area contributed by atoms with Crippen LogP contribution in [0.4, 0.5) is 5.69 Å². The Balaban J connectivity index is 1.67. The molecule has 2 aromatic heterocycles. The van der Waals surface area contributed by atoms with Crippen molar-refractivity contribution in [2.45, 2.75) is 32.6 Å². The third kappa shape index (κ3) is 4.18. The molecule has 0 bridgehead atoms. The summed E-state index contributed by atoms with van der Waals surface area (Å²) in [7, 11) is -2.09. The number of aryl methyl sites for hydroxylation is 1. The summed E-state index contributed by atoms with van der Waals surface area (Å²) < 4.78 is 41.4. The predicted octanol–water partition coefficient (Wildman–Crippen LogP) is 3.78. The van der Waals surface area contributed by atoms with Crippen LogP contribution in [-0.4, -0.2) is 48.7 Å². The van der Waals surface area contributed by atoms with E-state index in [4.69, 9.17) is 9.47 Å². The summed E-state index contributed by atoms with van der Waals surface area (Å²) >= 11 is 1.28. The largest absolute Gasteiger partial charge is 0.454 e. The quantitative estimate of drug-likeness (QED) is 0.541. The molecule has 0 radical (unpaired) electrons. The summed E-state index contributed by atoms with van der Waals surface area (Å²) in [4.78, 5) is 19.9. The Labute approximate surface area is 197 Å². The van der Waals surface area contributed by atoms with E-state index in [0.717, 1.165) is 0 Å². The fourth-order valence-corrected chi connectivity index (χ4v) is 6.10. The maximum atomic E-state index is 13.2. The van der Waals surface area contributed by atoms with Crippen molar-refractivity contribution in [2.75, 3.05) is 24.6 Å². The number of aromatic nitrogens is 2. The van der Waals surface area contributed by atoms with E-state index in [1.165, 1.54) is 11.3 Å². The molecule has 0 aliphatic carbocycles. The zero-order chi connectivity index (χ0) is 23.9. The first-order valence-electron chi connectivity index (χ1n) is 10.5. The third-order valence-corrected chi connectivity index (χ3v) is 8.33. The second-order valence-corrected chi connectivity index (χ2v) is 10.3. The Kier molecular flexibility index (Phi) is 6.10. The molecule has 0 unspecified atom stereocenters. The van der Waals surface area contributed by atoms with Gasteiger partial charge in [-0.15, -0.1) is 11.3 Å². The van der Waals surface area contributed by atoms with Crippen LogP contribution < -0.4 is 14.2 Å². The second kappa shape index (κ2) is 8.71. The smallest absolute Gasteiger partial charge is 0.265 e. The van der Waals surface area contributed by atoms with Crippen molar-refractivity contribution < 1.29 is 22.7 Å². The topological polar surface area (TPSA) is 103 Å². The van der Waals surface area contributed by atoms with Crippen LogP contribution in [0.2, 0.25) is 0 Å². The standard InChI is InChI=1S/C22H26N4O5S2/c1-6-26(7-2)22(27)20-13(3)23-21(32-20)16-11-19(14(4)25(16)5)33(28,29)24-15-8-9-17-18(10-15)31-12-30-17/h8-11,24H,6-7,12H2,1-5H3. The fourth-order valence-electron chi connectivity index (χ4n) is 3.68. The minimum Gasteiger partial charge on any atom is -0.454 e. The van der Waals surface area contributed by atoms with Crippen LogP contribution in [0.1, 0.15) is 34.9 Å². The average Bonchev–Trinajstić information content (AvgIpc) is 3.46. The fraction of sp³-hybridized carbons (Fsp3) is 0.364. The van der Waals surface area contributed by atoms with Crippen LogP contribution in [0.5, 0.6) is 11.5 Å². The predicted molar refractivity (Wildman–Crippen MR) is 127 cm³/mol. The van der Waals surface area contributed by atoms with Gasteiger partial charge in [-0.2, -0.15) is 0 Å². The Morgan fingerprint density at radius 3 is 2.58 bits per heavy atom. The molecule has 11 heteroatoms. The lowest BCUT2D eigenvalue weighted by Gasteiger charge is -2.17. The molecule has 0 spiro atoms. The molecule has 0 atom stereocenters. The van der Waals surface area contributed by atoms with E-state index in [2.05, 4.69) is 9.71 Å². The minimum absolute atomic E-state index is 0.0653. The lowest BCUT2D eigenvalue weighted by atomic mass is 10.3. The number of hydrogen-bond donors (Lipinski definition) is 1. The zero-order valence-electron chi connectivity index (χ0n) is 19.1. The van der Waals surface area contributed by atoms with Gasteiger partial charge in [-0.1, -0.05) is 0 Å². The molecule has 0 saturated carbocycles. The number of nitrogens with one attached hydrogen (secondary N) is 1. The second-order valence-electron chi connectivity index (χ2n) is 7.62. The average molecular weight is 491 g/mol. The number of thiazole rings is 1. The van der Waals surface area contributed by atoms with Crippen LogP contribution in [0.15, 0.2) is 29.2 Å². The first-order chi connectivity index (χ1) is 15.7. The maximum Gasteiger partial charge on any atom is 0.265 e. The Bertz CT molecular complexity index is 1320. The molecule has 1 aliphatic heterocycles. The molecule has 1 amide bonds. The highest BCUT2D eigenvalue weighted by atomic mass is 32.2. The highest BCUT2D eigenvalue weighted by molar-refractivity contribution is 7.92. The molecule has 4 rings (SSSR count). The monoisotopic (exact) mass is 490 g/mol. The van der Waals surface area contributed by atoms with Crippen LogP contribution in [-0.2, 0) is 17.1 Å². The van der Waals surface area contributed by atoms with Crippen molar-refractivity contribution in [3.63, 3.8) is 0 Å². The lowest BCUT2D eigenvalue weighted by Crippen LogP contribution is -2.30. The summed E-state index contributed by atoms with van der Waals surface area (Å²) in [6, 6.07) is 6.47. The van der Waals surface area contributed by atoms with E-state index in [1.807, 2.05) is 13.8 Å². The van der Waals surface area contributed by atoms with Crippen LogP contribution >= 0.6 is 11.3 Å². The lowest BCUT2D eigenvalue weighted by molar-refractivity contribution is 0.0777. The van der Waals surface area contributed by atoms with Gasteiger partial charge in [0.2, 0.25) is 6.79 Å². The van der Waals surface area contributed by atoms with Crippen molar-refractivity contribution in [3.05, 3.63) is 40.5 Å². The number of carbonyl (C=O) groups is 1. The van der Waals surface area contributed by atoms with Crippen LogP contribution in [0.3, 0.4) is 0 Å². The number of sulfonamides is 1. The number of anilines is 1. The van der Waals surface area contributed by atoms with E-state index in [-0.39, 0.29) is 17.6 Å². The van der Waals surface area contributed by atoms with Gasteiger partial charge in [-0.25, -0.2) is 13.4 Å². The minimum atomic E-state index is -3.88. The Hall–Kier alpha value is -3.05. The van der Waals surface area contributed by atoms with Gasteiger partial charge in [0, 0.05) is 31.9 Å². The van der Waals surface area contributed by atoms with Crippen molar-refractivity contribution in [1.29, 1.82) is 0 Å². The SMILES string of the molecule is CCN(CC)C(=O)c1sc(-c2cc(S(=O)(=O)Nc3ccc4c(c3)OCO4)c(C)n2C)nc1C. The number of fused-ring (bicyclic) bond motifs is 1. The van der Waals surface area contributed by atoms with E-state index in [0.29, 0.717) is 57.2 Å². The number of hydrogen-bond acceptors (Lipinski definition) is 7. The molecule has 3 heterocycles. The number of benzene rings is 1. The molecule has 9 nitrogen and oxygen atoms in total. The first kappa shape index (κ1) is 23.1. The third-order valence-electron chi connectivity index (χ3n) is 5.66. The van der Waals surface area contributed by atoms with Gasteiger partial charge in [-0.05, 0) is 45.9 Å². The van der Waals surface area contributed by atoms with Gasteiger partial charge in [-0.3, -0.25) is 9.52 Å². The molecule has 176 valence electrons. The summed E-state index contributed by atoms with van der Waals surface area (Å²) in [5, 5.41) is 0.595. The van der Waals surface area contributed by atoms with Crippen molar-refractivity contribution in [3.8, 4) is 22.2 Å². The molecule has 0 fully saturated rings. The van der Waals surface area contributed by atoms with Gasteiger partial charge < -0.3 is 18.9 Å². The maximum absolute atomic E-state index is 13.2. The molecular weight excluding hydrogens is 464 g/mol. The summed E-state index contributed by atoms with van der Waals surface area (Å²) in [5.74, 6) is 0.999. The molecule has 33 heavy (non-hydrogen) atoms. The van der Waals surface area contributed by atoms with Gasteiger partial charge in [0.25, 0.3) is 15.9 Å². The number of ether oxygens (including phenoxy) is 2. The van der Waals surface area contributed by atoms with Gasteiger partial charge in [0.15, 0.2) is 11.5 Å². The molecular formula is C22H26N4O5S2. The van der Waals surface area contributed by atoms with Crippen LogP contribution in [0, 0.1) is 13.8 Å². The van der Waals surface area contributed by atoms with Gasteiger partial charge >= 0.3 is 0 Å². The first-order valence-corrected chi connectivity index (χ1v) is 12.8. The Morgan fingerprint density at radius 2 is 1.88 bits per heavy atom. The number of rotatable bonds is 7. The Morgan fingerprint density at radius 1 is 1.18 bits per heavy atom. The summed E-state index contributed by atoms with van der Waals surface area (Å²) in [6.45, 7) is 8.73. The summed E-state index contributed by atoms with van der Waals surface area (Å²) in [6.07, 6.45) is 0. The van der Waals surface area contributed by atoms with Crippen LogP contribution in [0.25, 0.3) is 10.7 Å². The zero-order valence-corrected chi connectivity index (χ0v) is 20.8. The number of nitrogens with zero attached hydrogens (tertiary/aromatic N) is 3. The number of amides is 1. The molecule has 1 N–H and O–H groups in total. The molecule has 0 saturated heterocycles. The van der Waals surface area contributed by atoms with Crippen molar-refractivity contribution >= 4 is 33.0 Å². The van der Waals surface area contributed by atoms with E-state index >= 15 is 0 Å². The van der Waals surface area contributed by atoms with Gasteiger partial charge in [0.05, 0.1) is 17.1 Å². The molecule has 3 aromatic rings. The van der Waals surface area contributed by atoms with E-state index in [1.54, 1.807) is 54.6 Å². The van der Waals surface area contributed by atoms with Gasteiger partial charge in [0.1, 0.15) is 14.8 Å². The molecule has 1 aliphatic rings. The van der Waals surface area contributed by atoms with E-state index < -0.39 is 10.0 Å². The normalized spacial score (nSPS) is 12.8. The number of carbonyl (C=O) groups excluding carboxylic acids is 1. The van der Waals surface area contributed by atoms with Crippen molar-refractivity contribution in [2.24, 2.45) is 7.05 Å². The summed E-state index contributed by atoms with van der Waals surface area (Å²) in [5.41, 5.74) is 2.20. The highest BCUT2D eigenvalue weighted by Crippen LogP contribution is 2.36. The van der Waals surface area contributed by atoms with E-state index in [9.17, 15) is 13.2 Å².